The highest BCUT2D eigenvalue weighted by atomic mass is 32.2. The lowest BCUT2D eigenvalue weighted by Gasteiger charge is -2.25. The Kier molecular flexibility index (Phi) is 1.25. The van der Waals surface area contributed by atoms with Gasteiger partial charge in [-0.05, 0) is 37.0 Å². The smallest absolute Gasteiger partial charge is 0.256 e. The highest BCUT2D eigenvalue weighted by Crippen LogP contribution is 2.53. The summed E-state index contributed by atoms with van der Waals surface area (Å²) >= 11 is 0. The Bertz CT molecular complexity index is 386. The number of rotatable bonds is 0. The molecule has 2 fully saturated rings. The molecule has 4 unspecified atom stereocenters. The monoisotopic (exact) mass is 200 g/mol. The Labute approximate surface area is 76.7 Å². The Morgan fingerprint density at radius 1 is 1.31 bits per heavy atom. The van der Waals surface area contributed by atoms with E-state index in [1.807, 2.05) is 0 Å². The van der Waals surface area contributed by atoms with Crippen LogP contribution in [0.5, 0.6) is 0 Å². The van der Waals surface area contributed by atoms with Gasteiger partial charge in [-0.25, -0.2) is 8.42 Å². The molecule has 0 aromatic rings. The van der Waals surface area contributed by atoms with E-state index in [0.29, 0.717) is 5.92 Å². The third-order valence-electron chi connectivity index (χ3n) is 3.69. The van der Waals surface area contributed by atoms with Crippen molar-refractivity contribution in [3.05, 3.63) is 0 Å². The number of hydrogen-bond acceptors (Lipinski definition) is 3. The number of fused-ring (bicyclic) bond motifs is 5. The Balaban J connectivity index is 2.13. The summed E-state index contributed by atoms with van der Waals surface area (Å²) in [6.07, 6.45) is 2.91. The van der Waals surface area contributed by atoms with Gasteiger partial charge in [0.1, 0.15) is 0 Å². The van der Waals surface area contributed by atoms with E-state index in [2.05, 4.69) is 4.40 Å². The standard InChI is InChI=1S/C8H11NO3S/c10-8-6-4-1-2-5(3-4)7(6)13(11,12)9-8/h4-7H,1-3H2,(H,9,10)/p-1. The van der Waals surface area contributed by atoms with Crippen LogP contribution >= 0.6 is 0 Å². The lowest BCUT2D eigenvalue weighted by atomic mass is 9.88. The first-order valence-electron chi connectivity index (χ1n) is 4.60. The van der Waals surface area contributed by atoms with Gasteiger partial charge in [0.15, 0.2) is 0 Å². The molecule has 2 bridgehead atoms. The number of sulfonamides is 1. The van der Waals surface area contributed by atoms with Crippen LogP contribution in [0.4, 0.5) is 0 Å². The normalized spacial score (nSPS) is 50.6. The first-order valence-corrected chi connectivity index (χ1v) is 6.10. The minimum absolute atomic E-state index is 0.218. The van der Waals surface area contributed by atoms with Crippen molar-refractivity contribution in [2.45, 2.75) is 24.5 Å². The van der Waals surface area contributed by atoms with E-state index in [4.69, 9.17) is 0 Å². The average molecular weight is 200 g/mol. The van der Waals surface area contributed by atoms with E-state index >= 15 is 0 Å². The van der Waals surface area contributed by atoms with Crippen LogP contribution in [0, 0.1) is 17.8 Å². The van der Waals surface area contributed by atoms with Crippen LogP contribution in [0.2, 0.25) is 0 Å². The fourth-order valence-electron chi connectivity index (χ4n) is 3.26. The molecule has 1 aliphatic heterocycles. The lowest BCUT2D eigenvalue weighted by Crippen LogP contribution is -2.36. The van der Waals surface area contributed by atoms with Crippen LogP contribution in [0.15, 0.2) is 4.40 Å². The minimum Gasteiger partial charge on any atom is -0.861 e. The van der Waals surface area contributed by atoms with Crippen molar-refractivity contribution >= 4 is 15.9 Å². The Morgan fingerprint density at radius 2 is 2.00 bits per heavy atom. The highest BCUT2D eigenvalue weighted by Gasteiger charge is 2.56. The molecule has 0 spiro atoms. The van der Waals surface area contributed by atoms with Crippen LogP contribution in [-0.4, -0.2) is 19.6 Å². The predicted molar refractivity (Wildman–Crippen MR) is 44.5 cm³/mol. The molecule has 0 radical (unpaired) electrons. The lowest BCUT2D eigenvalue weighted by molar-refractivity contribution is -0.223. The van der Waals surface area contributed by atoms with Gasteiger partial charge in [0.05, 0.1) is 5.25 Å². The molecule has 5 heteroatoms. The molecule has 4 nitrogen and oxygen atoms in total. The van der Waals surface area contributed by atoms with Crippen molar-refractivity contribution < 1.29 is 13.5 Å². The van der Waals surface area contributed by atoms with E-state index in [0.717, 1.165) is 19.3 Å². The molecule has 1 heterocycles. The summed E-state index contributed by atoms with van der Waals surface area (Å²) in [6, 6.07) is 0. The van der Waals surface area contributed by atoms with Gasteiger partial charge in [-0.3, -0.25) is 0 Å². The van der Waals surface area contributed by atoms with E-state index in [-0.39, 0.29) is 17.7 Å². The molecule has 0 saturated heterocycles. The first-order chi connectivity index (χ1) is 6.09. The zero-order valence-electron chi connectivity index (χ0n) is 7.01. The molecule has 3 aliphatic rings. The predicted octanol–water partition coefficient (Wildman–Crippen LogP) is -0.497. The molecule has 13 heavy (non-hydrogen) atoms. The van der Waals surface area contributed by atoms with Gasteiger partial charge in [-0.1, -0.05) is 0 Å². The molecule has 0 aromatic heterocycles. The first kappa shape index (κ1) is 7.79. The second-order valence-electron chi connectivity index (χ2n) is 4.27. The molecule has 4 atom stereocenters. The van der Waals surface area contributed by atoms with Gasteiger partial charge < -0.3 is 5.11 Å². The Hall–Kier alpha value is -0.580. The SMILES string of the molecule is O=S1(=O)N=C([O-])C2C3CCC(C3)C21. The molecule has 72 valence electrons. The molecule has 2 aliphatic carbocycles. The fourth-order valence-corrected chi connectivity index (χ4v) is 5.19. The quantitative estimate of drug-likeness (QED) is 0.529. The zero-order valence-corrected chi connectivity index (χ0v) is 7.83. The zero-order chi connectivity index (χ0) is 9.22. The van der Waals surface area contributed by atoms with Crippen molar-refractivity contribution in [1.29, 1.82) is 0 Å². The van der Waals surface area contributed by atoms with Crippen molar-refractivity contribution in [3.8, 4) is 0 Å². The second-order valence-corrected chi connectivity index (χ2v) is 6.02. The summed E-state index contributed by atoms with van der Waals surface area (Å²) in [5.41, 5.74) is 0. The molecule has 2 saturated carbocycles. The highest BCUT2D eigenvalue weighted by molar-refractivity contribution is 7.91. The van der Waals surface area contributed by atoms with E-state index < -0.39 is 15.3 Å². The van der Waals surface area contributed by atoms with Crippen LogP contribution in [0.25, 0.3) is 0 Å². The second kappa shape index (κ2) is 2.08. The van der Waals surface area contributed by atoms with Gasteiger partial charge in [-0.15, -0.1) is 0 Å². The summed E-state index contributed by atoms with van der Waals surface area (Å²) in [7, 11) is -3.43. The maximum absolute atomic E-state index is 11.5. The number of hydrogen-bond donors (Lipinski definition) is 0. The molecule has 0 aromatic carbocycles. The van der Waals surface area contributed by atoms with Crippen molar-refractivity contribution in [3.63, 3.8) is 0 Å². The third-order valence-corrected chi connectivity index (χ3v) is 5.49. The molecule has 0 N–H and O–H groups in total. The molecular weight excluding hydrogens is 190 g/mol. The summed E-state index contributed by atoms with van der Waals surface area (Å²) in [5.74, 6) is -0.125. The summed E-state index contributed by atoms with van der Waals surface area (Å²) < 4.78 is 26.2. The third kappa shape index (κ3) is 0.808. The van der Waals surface area contributed by atoms with Gasteiger partial charge in [0.2, 0.25) is 0 Å². The minimum atomic E-state index is -3.43. The van der Waals surface area contributed by atoms with Crippen LogP contribution in [-0.2, 0) is 10.0 Å². The van der Waals surface area contributed by atoms with Gasteiger partial charge in [0.25, 0.3) is 10.0 Å². The fraction of sp³-hybridized carbons (Fsp3) is 0.875. The van der Waals surface area contributed by atoms with Crippen LogP contribution in [0.1, 0.15) is 19.3 Å². The average Bonchev–Trinajstić information content (AvgIpc) is 2.63. The Morgan fingerprint density at radius 3 is 2.69 bits per heavy atom. The summed E-state index contributed by atoms with van der Waals surface area (Å²) in [6.45, 7) is 0. The molecule has 3 rings (SSSR count). The number of nitrogens with zero attached hydrogens (tertiary/aromatic N) is 1. The summed E-state index contributed by atoms with van der Waals surface area (Å²) in [4.78, 5) is 0. The van der Waals surface area contributed by atoms with Crippen molar-refractivity contribution in [1.82, 2.24) is 0 Å². The van der Waals surface area contributed by atoms with E-state index in [9.17, 15) is 13.5 Å². The van der Waals surface area contributed by atoms with Crippen LogP contribution in [0.3, 0.4) is 0 Å². The van der Waals surface area contributed by atoms with Crippen molar-refractivity contribution in [2.24, 2.45) is 22.2 Å². The van der Waals surface area contributed by atoms with Crippen molar-refractivity contribution in [2.75, 3.05) is 0 Å². The summed E-state index contributed by atoms with van der Waals surface area (Å²) in [5, 5.41) is 10.9. The van der Waals surface area contributed by atoms with Crippen LogP contribution < -0.4 is 5.11 Å². The van der Waals surface area contributed by atoms with E-state index in [1.54, 1.807) is 0 Å². The topological polar surface area (TPSA) is 69.6 Å². The van der Waals surface area contributed by atoms with Gasteiger partial charge in [0, 0.05) is 5.92 Å². The largest absolute Gasteiger partial charge is 0.861 e. The van der Waals surface area contributed by atoms with E-state index in [1.165, 1.54) is 0 Å². The van der Waals surface area contributed by atoms with Gasteiger partial charge in [-0.2, -0.15) is 4.40 Å². The maximum Gasteiger partial charge on any atom is 0.256 e. The van der Waals surface area contributed by atoms with Gasteiger partial charge >= 0.3 is 0 Å². The maximum atomic E-state index is 11.5. The molecule has 0 amide bonds. The molecular formula is C8H10NO3S-.